The largest absolute Gasteiger partial charge is 0.346 e. The van der Waals surface area contributed by atoms with E-state index in [1.54, 1.807) is 0 Å². The highest BCUT2D eigenvalue weighted by molar-refractivity contribution is 7.15. The van der Waals surface area contributed by atoms with Crippen LogP contribution in [0.4, 0.5) is 5.13 Å². The van der Waals surface area contributed by atoms with Crippen molar-refractivity contribution in [3.63, 3.8) is 0 Å². The van der Waals surface area contributed by atoms with Crippen molar-refractivity contribution in [2.75, 3.05) is 18.5 Å². The molecule has 1 N–H and O–H groups in total. The number of rotatable bonds is 5. The summed E-state index contributed by atoms with van der Waals surface area (Å²) in [4.78, 5) is 8.81. The Hall–Kier alpha value is -0.610. The van der Waals surface area contributed by atoms with Crippen LogP contribution in [0, 0.1) is 0 Å². The zero-order chi connectivity index (χ0) is 13.1. The fraction of sp³-hybridized carbons (Fsp3) is 0.786. The molecule has 3 nitrogen and oxygen atoms in total. The van der Waals surface area contributed by atoms with E-state index in [9.17, 15) is 0 Å². The van der Waals surface area contributed by atoms with E-state index >= 15 is 0 Å². The van der Waals surface area contributed by atoms with Gasteiger partial charge in [-0.3, -0.25) is 0 Å². The Morgan fingerprint density at radius 1 is 1.50 bits per heavy atom. The lowest BCUT2D eigenvalue weighted by Gasteiger charge is -2.26. The molecule has 18 heavy (non-hydrogen) atoms. The van der Waals surface area contributed by atoms with E-state index in [1.165, 1.54) is 35.0 Å². The Labute approximate surface area is 115 Å². The smallest absolute Gasteiger partial charge is 0.186 e. The van der Waals surface area contributed by atoms with Crippen molar-refractivity contribution in [1.29, 1.82) is 0 Å². The van der Waals surface area contributed by atoms with Gasteiger partial charge < -0.3 is 10.2 Å². The number of aryl methyl sites for hydroxylation is 1. The maximum absolute atomic E-state index is 4.89. The van der Waals surface area contributed by atoms with Crippen molar-refractivity contribution in [2.45, 2.75) is 58.5 Å². The van der Waals surface area contributed by atoms with Crippen LogP contribution in [0.3, 0.4) is 0 Å². The molecular formula is C14H25N3S. The van der Waals surface area contributed by atoms with E-state index in [0.29, 0.717) is 12.1 Å². The fourth-order valence-corrected chi connectivity index (χ4v) is 4.08. The van der Waals surface area contributed by atoms with Crippen molar-refractivity contribution >= 4 is 16.5 Å². The molecule has 1 aliphatic carbocycles. The molecule has 1 aromatic heterocycles. The van der Waals surface area contributed by atoms with E-state index in [-0.39, 0.29) is 0 Å². The summed E-state index contributed by atoms with van der Waals surface area (Å²) in [5.74, 6) is 0. The summed E-state index contributed by atoms with van der Waals surface area (Å²) in [7, 11) is 2.06. The van der Waals surface area contributed by atoms with E-state index in [4.69, 9.17) is 4.98 Å². The van der Waals surface area contributed by atoms with Crippen LogP contribution in [-0.4, -0.2) is 24.6 Å². The van der Waals surface area contributed by atoms with Gasteiger partial charge in [0.1, 0.15) is 0 Å². The monoisotopic (exact) mass is 267 g/mol. The lowest BCUT2D eigenvalue weighted by molar-refractivity contribution is 0.501. The minimum atomic E-state index is 0.524. The highest BCUT2D eigenvalue weighted by atomic mass is 32.1. The molecule has 0 fully saturated rings. The molecule has 1 heterocycles. The van der Waals surface area contributed by atoms with Crippen LogP contribution in [-0.2, 0) is 6.42 Å². The summed E-state index contributed by atoms with van der Waals surface area (Å²) in [5, 5.41) is 4.65. The highest BCUT2D eigenvalue weighted by Crippen LogP contribution is 2.37. The number of hydrogen-bond acceptors (Lipinski definition) is 4. The van der Waals surface area contributed by atoms with Gasteiger partial charge in [-0.05, 0) is 46.6 Å². The molecule has 0 saturated heterocycles. The number of nitrogens with one attached hydrogen (secondary N) is 1. The van der Waals surface area contributed by atoms with Crippen LogP contribution in [0.2, 0.25) is 0 Å². The summed E-state index contributed by atoms with van der Waals surface area (Å²) in [6.45, 7) is 7.81. The normalized spacial score (nSPS) is 20.6. The quantitative estimate of drug-likeness (QED) is 0.886. The Balaban J connectivity index is 2.27. The first-order valence-electron chi connectivity index (χ1n) is 7.14. The van der Waals surface area contributed by atoms with Gasteiger partial charge in [0, 0.05) is 23.5 Å². The lowest BCUT2D eigenvalue weighted by Crippen LogP contribution is -2.32. The van der Waals surface area contributed by atoms with Crippen LogP contribution in [0.25, 0.3) is 0 Å². The third-order valence-corrected chi connectivity index (χ3v) is 5.25. The Morgan fingerprint density at radius 3 is 2.89 bits per heavy atom. The Bertz CT molecular complexity index is 388. The first-order chi connectivity index (χ1) is 8.71. The maximum atomic E-state index is 4.89. The standard InChI is InChI=1S/C14H25N3S/c1-5-10(3)17(6-2)14-16-12-9-7-8-11(15-4)13(12)18-14/h10-11,15H,5-9H2,1-4H3. The van der Waals surface area contributed by atoms with E-state index < -0.39 is 0 Å². The second kappa shape index (κ2) is 6.02. The first kappa shape index (κ1) is 13.8. The molecule has 0 amide bonds. The van der Waals surface area contributed by atoms with Crippen LogP contribution < -0.4 is 10.2 Å². The fourth-order valence-electron chi connectivity index (χ4n) is 2.66. The molecule has 0 spiro atoms. The summed E-state index contributed by atoms with van der Waals surface area (Å²) in [6, 6.07) is 1.10. The van der Waals surface area contributed by atoms with Crippen molar-refractivity contribution in [2.24, 2.45) is 0 Å². The van der Waals surface area contributed by atoms with Crippen LogP contribution >= 0.6 is 11.3 Å². The molecule has 0 aliphatic heterocycles. The van der Waals surface area contributed by atoms with E-state index in [0.717, 1.165) is 13.0 Å². The predicted octanol–water partition coefficient (Wildman–Crippen LogP) is 3.36. The second-order valence-electron chi connectivity index (χ2n) is 5.08. The van der Waals surface area contributed by atoms with Gasteiger partial charge in [-0.15, -0.1) is 0 Å². The number of anilines is 1. The topological polar surface area (TPSA) is 28.2 Å². The molecule has 2 atom stereocenters. The average Bonchev–Trinajstić information content (AvgIpc) is 2.82. The van der Waals surface area contributed by atoms with Gasteiger partial charge >= 0.3 is 0 Å². The molecule has 0 saturated carbocycles. The molecule has 0 bridgehead atoms. The van der Waals surface area contributed by atoms with E-state index in [2.05, 4.69) is 38.0 Å². The second-order valence-corrected chi connectivity index (χ2v) is 6.09. The van der Waals surface area contributed by atoms with Gasteiger partial charge in [-0.25, -0.2) is 4.98 Å². The van der Waals surface area contributed by atoms with Crippen molar-refractivity contribution in [1.82, 2.24) is 10.3 Å². The lowest BCUT2D eigenvalue weighted by atomic mass is 9.98. The van der Waals surface area contributed by atoms with Crippen molar-refractivity contribution in [3.05, 3.63) is 10.6 Å². The zero-order valence-electron chi connectivity index (χ0n) is 12.0. The number of nitrogens with zero attached hydrogens (tertiary/aromatic N) is 2. The van der Waals surface area contributed by atoms with Gasteiger partial charge in [-0.1, -0.05) is 18.3 Å². The molecule has 2 unspecified atom stereocenters. The molecule has 2 rings (SSSR count). The molecular weight excluding hydrogens is 242 g/mol. The number of aromatic nitrogens is 1. The van der Waals surface area contributed by atoms with Crippen LogP contribution in [0.15, 0.2) is 0 Å². The van der Waals surface area contributed by atoms with Crippen LogP contribution in [0.5, 0.6) is 0 Å². The molecule has 1 aliphatic rings. The Kier molecular flexibility index (Phi) is 4.62. The minimum absolute atomic E-state index is 0.524. The van der Waals surface area contributed by atoms with Crippen molar-refractivity contribution in [3.8, 4) is 0 Å². The maximum Gasteiger partial charge on any atom is 0.186 e. The predicted molar refractivity (Wildman–Crippen MR) is 79.6 cm³/mol. The van der Waals surface area contributed by atoms with Gasteiger partial charge in [0.05, 0.1) is 5.69 Å². The highest BCUT2D eigenvalue weighted by Gasteiger charge is 2.25. The van der Waals surface area contributed by atoms with Gasteiger partial charge in [0.25, 0.3) is 0 Å². The van der Waals surface area contributed by atoms with Gasteiger partial charge in [0.2, 0.25) is 0 Å². The summed E-state index contributed by atoms with van der Waals surface area (Å²) < 4.78 is 0. The minimum Gasteiger partial charge on any atom is -0.346 e. The first-order valence-corrected chi connectivity index (χ1v) is 7.96. The number of thiazole rings is 1. The number of fused-ring (bicyclic) bond motifs is 1. The summed E-state index contributed by atoms with van der Waals surface area (Å²) in [6.07, 6.45) is 4.84. The van der Waals surface area contributed by atoms with E-state index in [1.807, 2.05) is 11.3 Å². The SMILES string of the molecule is CCC(C)N(CC)c1nc2c(s1)C(NC)CCC2. The van der Waals surface area contributed by atoms with Crippen LogP contribution in [0.1, 0.15) is 56.6 Å². The number of hydrogen-bond donors (Lipinski definition) is 1. The Morgan fingerprint density at radius 2 is 2.28 bits per heavy atom. The van der Waals surface area contributed by atoms with Crippen molar-refractivity contribution < 1.29 is 0 Å². The molecule has 0 aromatic carbocycles. The summed E-state index contributed by atoms with van der Waals surface area (Å²) in [5.41, 5.74) is 1.34. The summed E-state index contributed by atoms with van der Waals surface area (Å²) >= 11 is 1.90. The zero-order valence-corrected chi connectivity index (χ0v) is 12.8. The molecule has 0 radical (unpaired) electrons. The van der Waals surface area contributed by atoms with Gasteiger partial charge in [-0.2, -0.15) is 0 Å². The third-order valence-electron chi connectivity index (χ3n) is 4.00. The molecule has 4 heteroatoms. The molecule has 1 aromatic rings. The third kappa shape index (κ3) is 2.54. The molecule has 102 valence electrons. The van der Waals surface area contributed by atoms with Gasteiger partial charge in [0.15, 0.2) is 5.13 Å². The average molecular weight is 267 g/mol.